The summed E-state index contributed by atoms with van der Waals surface area (Å²) in [5, 5.41) is 7.51. The summed E-state index contributed by atoms with van der Waals surface area (Å²) in [6.45, 7) is 5.30. The molecule has 5 nitrogen and oxygen atoms in total. The van der Waals surface area contributed by atoms with Crippen molar-refractivity contribution in [2.24, 2.45) is 0 Å². The molecule has 0 saturated heterocycles. The number of halogens is 2. The summed E-state index contributed by atoms with van der Waals surface area (Å²) in [4.78, 5) is 14.0. The smallest absolute Gasteiger partial charge is 0.234 e. The fraction of sp³-hybridized carbons (Fsp3) is 0.304. The van der Waals surface area contributed by atoms with E-state index in [4.69, 9.17) is 0 Å². The first kappa shape index (κ1) is 21.6. The van der Waals surface area contributed by atoms with Gasteiger partial charge in [0.05, 0.1) is 18.8 Å². The van der Waals surface area contributed by atoms with Crippen LogP contribution in [0.3, 0.4) is 0 Å². The van der Waals surface area contributed by atoms with Crippen LogP contribution in [0.2, 0.25) is 0 Å². The van der Waals surface area contributed by atoms with Crippen LogP contribution in [0.15, 0.2) is 48.5 Å². The zero-order chi connectivity index (χ0) is 21.7. The van der Waals surface area contributed by atoms with E-state index >= 15 is 0 Å². The molecule has 1 heterocycles. The first-order chi connectivity index (χ1) is 14.3. The fourth-order valence-corrected chi connectivity index (χ4v) is 3.38. The normalized spacial score (nSPS) is 11.1. The van der Waals surface area contributed by atoms with Gasteiger partial charge in [0.2, 0.25) is 5.91 Å². The van der Waals surface area contributed by atoms with Crippen molar-refractivity contribution in [1.29, 1.82) is 0 Å². The highest BCUT2D eigenvalue weighted by atomic mass is 19.1. The SMILES string of the molecule is Cc1nn(Cc2ccccc2)c(C)c1CNC(=O)CN(C)Cc1ccc(F)cc1F. The molecule has 7 heteroatoms. The summed E-state index contributed by atoms with van der Waals surface area (Å²) in [6.07, 6.45) is 0. The molecule has 0 aliphatic rings. The molecule has 1 aromatic heterocycles. The lowest BCUT2D eigenvalue weighted by molar-refractivity contribution is -0.122. The van der Waals surface area contributed by atoms with E-state index in [2.05, 4.69) is 22.5 Å². The van der Waals surface area contributed by atoms with Crippen molar-refractivity contribution >= 4 is 5.91 Å². The van der Waals surface area contributed by atoms with E-state index in [-0.39, 0.29) is 19.0 Å². The first-order valence-electron chi connectivity index (χ1n) is 9.79. The van der Waals surface area contributed by atoms with Crippen LogP contribution in [-0.4, -0.2) is 34.2 Å². The molecule has 0 radical (unpaired) electrons. The van der Waals surface area contributed by atoms with E-state index in [0.29, 0.717) is 18.7 Å². The largest absolute Gasteiger partial charge is 0.351 e. The number of aryl methyl sites for hydroxylation is 1. The summed E-state index contributed by atoms with van der Waals surface area (Å²) in [5.41, 5.74) is 4.39. The number of aromatic nitrogens is 2. The number of nitrogens with zero attached hydrogens (tertiary/aromatic N) is 3. The minimum atomic E-state index is -0.616. The van der Waals surface area contributed by atoms with E-state index in [1.807, 2.05) is 36.7 Å². The molecule has 1 amide bonds. The van der Waals surface area contributed by atoms with Crippen molar-refractivity contribution in [2.45, 2.75) is 33.5 Å². The average molecular weight is 412 g/mol. The third-order valence-corrected chi connectivity index (χ3v) is 5.04. The topological polar surface area (TPSA) is 50.2 Å². The number of benzene rings is 2. The number of hydrogen-bond acceptors (Lipinski definition) is 3. The second-order valence-corrected chi connectivity index (χ2v) is 7.48. The lowest BCUT2D eigenvalue weighted by Gasteiger charge is -2.17. The number of nitrogens with one attached hydrogen (secondary N) is 1. The molecule has 0 saturated carbocycles. The van der Waals surface area contributed by atoms with Crippen LogP contribution in [0.5, 0.6) is 0 Å². The Morgan fingerprint density at radius 1 is 1.13 bits per heavy atom. The summed E-state index contributed by atoms with van der Waals surface area (Å²) < 4.78 is 28.7. The highest BCUT2D eigenvalue weighted by Gasteiger charge is 2.14. The van der Waals surface area contributed by atoms with Gasteiger partial charge in [-0.05, 0) is 32.5 Å². The van der Waals surface area contributed by atoms with Crippen molar-refractivity contribution in [2.75, 3.05) is 13.6 Å². The van der Waals surface area contributed by atoms with E-state index in [1.165, 1.54) is 12.1 Å². The van der Waals surface area contributed by atoms with E-state index in [9.17, 15) is 13.6 Å². The Kier molecular flexibility index (Phi) is 6.95. The van der Waals surface area contributed by atoms with Gasteiger partial charge < -0.3 is 5.32 Å². The lowest BCUT2D eigenvalue weighted by Crippen LogP contribution is -2.34. The zero-order valence-electron chi connectivity index (χ0n) is 17.5. The standard InChI is InChI=1S/C23H26F2N4O/c1-16-21(17(2)29(27-16)13-18-7-5-4-6-8-18)12-26-23(30)15-28(3)14-19-9-10-20(24)11-22(19)25/h4-11H,12-15H2,1-3H3,(H,26,30). The van der Waals surface area contributed by atoms with Gasteiger partial charge in [-0.3, -0.25) is 14.4 Å². The first-order valence-corrected chi connectivity index (χ1v) is 9.79. The minimum absolute atomic E-state index is 0.104. The van der Waals surface area contributed by atoms with Crippen molar-refractivity contribution < 1.29 is 13.6 Å². The number of rotatable bonds is 8. The Labute approximate surface area is 175 Å². The van der Waals surface area contributed by atoms with Gasteiger partial charge >= 0.3 is 0 Å². The van der Waals surface area contributed by atoms with E-state index in [1.54, 1.807) is 11.9 Å². The third kappa shape index (κ3) is 5.51. The second kappa shape index (κ2) is 9.63. The summed E-state index contributed by atoms with van der Waals surface area (Å²) in [6, 6.07) is 13.5. The molecular weight excluding hydrogens is 386 g/mol. The van der Waals surface area contributed by atoms with Gasteiger partial charge in [0.1, 0.15) is 11.6 Å². The van der Waals surface area contributed by atoms with Crippen LogP contribution in [0, 0.1) is 25.5 Å². The molecule has 0 aliphatic heterocycles. The monoisotopic (exact) mass is 412 g/mol. The predicted octanol–water partition coefficient (Wildman–Crippen LogP) is 3.57. The molecule has 1 N–H and O–H groups in total. The van der Waals surface area contributed by atoms with Crippen LogP contribution in [0.1, 0.15) is 28.1 Å². The number of amides is 1. The Morgan fingerprint density at radius 3 is 2.57 bits per heavy atom. The summed E-state index contributed by atoms with van der Waals surface area (Å²) in [5.74, 6) is -1.40. The molecular formula is C23H26F2N4O. The lowest BCUT2D eigenvalue weighted by atomic mass is 10.2. The van der Waals surface area contributed by atoms with Gasteiger partial charge in [-0.15, -0.1) is 0 Å². The second-order valence-electron chi connectivity index (χ2n) is 7.48. The van der Waals surface area contributed by atoms with Gasteiger partial charge in [-0.1, -0.05) is 36.4 Å². The van der Waals surface area contributed by atoms with Crippen LogP contribution in [-0.2, 0) is 24.4 Å². The van der Waals surface area contributed by atoms with Gasteiger partial charge in [0, 0.05) is 36.0 Å². The van der Waals surface area contributed by atoms with Crippen molar-refractivity contribution in [3.63, 3.8) is 0 Å². The Hall–Kier alpha value is -3.06. The van der Waals surface area contributed by atoms with Gasteiger partial charge in [0.25, 0.3) is 0 Å². The van der Waals surface area contributed by atoms with E-state index < -0.39 is 11.6 Å². The van der Waals surface area contributed by atoms with Gasteiger partial charge in [-0.2, -0.15) is 5.10 Å². The van der Waals surface area contributed by atoms with Crippen LogP contribution < -0.4 is 5.32 Å². The molecule has 0 aliphatic carbocycles. The number of hydrogen-bond donors (Lipinski definition) is 1. The highest BCUT2D eigenvalue weighted by molar-refractivity contribution is 5.78. The molecule has 30 heavy (non-hydrogen) atoms. The maximum Gasteiger partial charge on any atom is 0.234 e. The van der Waals surface area contributed by atoms with Crippen LogP contribution >= 0.6 is 0 Å². The van der Waals surface area contributed by atoms with E-state index in [0.717, 1.165) is 28.6 Å². The summed E-state index contributed by atoms with van der Waals surface area (Å²) >= 11 is 0. The summed E-state index contributed by atoms with van der Waals surface area (Å²) in [7, 11) is 1.72. The van der Waals surface area contributed by atoms with Crippen LogP contribution in [0.4, 0.5) is 8.78 Å². The van der Waals surface area contributed by atoms with Crippen LogP contribution in [0.25, 0.3) is 0 Å². The zero-order valence-corrected chi connectivity index (χ0v) is 17.5. The molecule has 0 atom stereocenters. The number of likely N-dealkylation sites (N-methyl/N-ethyl adjacent to an activating group) is 1. The minimum Gasteiger partial charge on any atom is -0.351 e. The Balaban J connectivity index is 1.55. The average Bonchev–Trinajstić information content (AvgIpc) is 2.96. The third-order valence-electron chi connectivity index (χ3n) is 5.04. The molecule has 3 aromatic rings. The maximum atomic E-state index is 13.8. The fourth-order valence-electron chi connectivity index (χ4n) is 3.38. The van der Waals surface area contributed by atoms with Crippen molar-refractivity contribution in [1.82, 2.24) is 20.0 Å². The molecule has 2 aromatic carbocycles. The molecule has 0 spiro atoms. The van der Waals surface area contributed by atoms with Gasteiger partial charge in [-0.25, -0.2) is 8.78 Å². The predicted molar refractivity (Wildman–Crippen MR) is 112 cm³/mol. The highest BCUT2D eigenvalue weighted by Crippen LogP contribution is 2.15. The quantitative estimate of drug-likeness (QED) is 0.615. The number of carbonyl (C=O) groups excluding carboxylic acids is 1. The molecule has 0 bridgehead atoms. The molecule has 0 fully saturated rings. The number of carbonyl (C=O) groups is 1. The van der Waals surface area contributed by atoms with Crippen molar-refractivity contribution in [3.05, 3.63) is 88.2 Å². The molecule has 158 valence electrons. The Bertz CT molecular complexity index is 1020. The Morgan fingerprint density at radius 2 is 1.87 bits per heavy atom. The molecule has 0 unspecified atom stereocenters. The van der Waals surface area contributed by atoms with Crippen molar-refractivity contribution in [3.8, 4) is 0 Å². The van der Waals surface area contributed by atoms with Gasteiger partial charge in [0.15, 0.2) is 0 Å². The maximum absolute atomic E-state index is 13.8. The molecule has 3 rings (SSSR count).